The molecule has 27 heavy (non-hydrogen) atoms. The summed E-state index contributed by atoms with van der Waals surface area (Å²) in [7, 11) is 0. The van der Waals surface area contributed by atoms with Crippen molar-refractivity contribution < 1.29 is 14.0 Å². The van der Waals surface area contributed by atoms with Crippen LogP contribution in [0.2, 0.25) is 0 Å². The number of rotatable bonds is 6. The number of carbonyl (C=O) groups is 2. The van der Waals surface area contributed by atoms with E-state index in [0.29, 0.717) is 11.3 Å². The van der Waals surface area contributed by atoms with E-state index in [4.69, 9.17) is 0 Å². The molecule has 2 aromatic carbocycles. The Morgan fingerprint density at radius 1 is 1.15 bits per heavy atom. The lowest BCUT2D eigenvalue weighted by molar-refractivity contribution is -0.114. The van der Waals surface area contributed by atoms with Gasteiger partial charge in [-0.25, -0.2) is 9.37 Å². The van der Waals surface area contributed by atoms with E-state index in [1.54, 1.807) is 40.7 Å². The molecule has 0 aliphatic carbocycles. The number of aromatic nitrogens is 1. The highest BCUT2D eigenvalue weighted by atomic mass is 32.2. The zero-order valence-corrected chi connectivity index (χ0v) is 16.0. The highest BCUT2D eigenvalue weighted by molar-refractivity contribution is 7.98. The molecule has 0 atom stereocenters. The number of halogens is 1. The molecule has 2 amide bonds. The van der Waals surface area contributed by atoms with Gasteiger partial charge in [0.25, 0.3) is 5.91 Å². The number of hydrogen-bond acceptors (Lipinski definition) is 5. The molecule has 0 aliphatic rings. The smallest absolute Gasteiger partial charge is 0.255 e. The summed E-state index contributed by atoms with van der Waals surface area (Å²) in [4.78, 5) is 28.7. The highest BCUT2D eigenvalue weighted by Gasteiger charge is 2.11. The molecular weight excluding hydrogens is 385 g/mol. The van der Waals surface area contributed by atoms with E-state index in [1.807, 2.05) is 17.5 Å². The quantitative estimate of drug-likeness (QED) is 0.583. The Balaban J connectivity index is 1.64. The average Bonchev–Trinajstić information content (AvgIpc) is 3.16. The Kier molecular flexibility index (Phi) is 6.20. The zero-order valence-electron chi connectivity index (χ0n) is 14.4. The second-order valence-corrected chi connectivity index (χ2v) is 7.39. The molecule has 0 spiro atoms. The maximum atomic E-state index is 13.9. The molecule has 0 radical (unpaired) electrons. The standard InChI is InChI=1S/C19H16FN3O2S2/c1-12(24)22-14-4-7-17(20)18(8-14)23-19(25)13-2-5-16(6-3-13)27-10-15-9-26-11-21-15/h2-9,11H,10H2,1H3,(H,22,24)(H,23,25). The third-order valence-corrected chi connectivity index (χ3v) is 5.20. The number of thiazole rings is 1. The molecule has 1 aromatic heterocycles. The summed E-state index contributed by atoms with van der Waals surface area (Å²) in [6.45, 7) is 1.36. The molecule has 0 saturated carbocycles. The number of nitrogens with zero attached hydrogens (tertiary/aromatic N) is 1. The minimum Gasteiger partial charge on any atom is -0.326 e. The number of anilines is 2. The van der Waals surface area contributed by atoms with E-state index in [0.717, 1.165) is 16.3 Å². The van der Waals surface area contributed by atoms with Crippen molar-refractivity contribution in [3.05, 3.63) is 70.4 Å². The predicted molar refractivity (Wildman–Crippen MR) is 107 cm³/mol. The van der Waals surface area contributed by atoms with E-state index in [-0.39, 0.29) is 11.6 Å². The summed E-state index contributed by atoms with van der Waals surface area (Å²) in [5, 5.41) is 7.09. The first-order valence-electron chi connectivity index (χ1n) is 7.99. The van der Waals surface area contributed by atoms with Crippen LogP contribution in [0.3, 0.4) is 0 Å². The molecule has 3 rings (SSSR count). The van der Waals surface area contributed by atoms with Gasteiger partial charge in [-0.3, -0.25) is 9.59 Å². The van der Waals surface area contributed by atoms with Crippen LogP contribution in [-0.2, 0) is 10.5 Å². The van der Waals surface area contributed by atoms with Gasteiger partial charge in [0.2, 0.25) is 5.91 Å². The molecule has 3 aromatic rings. The van der Waals surface area contributed by atoms with Crippen molar-refractivity contribution in [2.45, 2.75) is 17.6 Å². The van der Waals surface area contributed by atoms with Crippen molar-refractivity contribution in [1.29, 1.82) is 0 Å². The van der Waals surface area contributed by atoms with Crippen LogP contribution in [0.5, 0.6) is 0 Å². The van der Waals surface area contributed by atoms with Crippen LogP contribution >= 0.6 is 23.1 Å². The van der Waals surface area contributed by atoms with Crippen LogP contribution in [-0.4, -0.2) is 16.8 Å². The van der Waals surface area contributed by atoms with Gasteiger partial charge < -0.3 is 10.6 Å². The van der Waals surface area contributed by atoms with Gasteiger partial charge in [0, 0.05) is 34.2 Å². The summed E-state index contributed by atoms with van der Waals surface area (Å²) in [5.74, 6) is -0.515. The third kappa shape index (κ3) is 5.38. The van der Waals surface area contributed by atoms with Crippen LogP contribution in [0.15, 0.2) is 58.3 Å². The van der Waals surface area contributed by atoms with Crippen molar-refractivity contribution in [2.24, 2.45) is 0 Å². The second kappa shape index (κ2) is 8.79. The number of carbonyl (C=O) groups excluding carboxylic acids is 2. The molecule has 0 fully saturated rings. The number of amides is 2. The van der Waals surface area contributed by atoms with Gasteiger partial charge in [-0.1, -0.05) is 0 Å². The lowest BCUT2D eigenvalue weighted by Crippen LogP contribution is -2.13. The second-order valence-electron chi connectivity index (χ2n) is 5.62. The van der Waals surface area contributed by atoms with E-state index in [2.05, 4.69) is 15.6 Å². The van der Waals surface area contributed by atoms with Crippen molar-refractivity contribution in [1.82, 2.24) is 4.98 Å². The van der Waals surface area contributed by atoms with Crippen LogP contribution in [0.25, 0.3) is 0 Å². The summed E-state index contributed by atoms with van der Waals surface area (Å²) >= 11 is 3.18. The largest absolute Gasteiger partial charge is 0.326 e. The number of nitrogens with one attached hydrogen (secondary N) is 2. The lowest BCUT2D eigenvalue weighted by Gasteiger charge is -2.09. The third-order valence-electron chi connectivity index (χ3n) is 3.52. The fraction of sp³-hybridized carbons (Fsp3) is 0.105. The fourth-order valence-electron chi connectivity index (χ4n) is 2.27. The average molecular weight is 401 g/mol. The Labute approximate surface area is 164 Å². The van der Waals surface area contributed by atoms with Crippen molar-refractivity contribution in [3.8, 4) is 0 Å². The Hall–Kier alpha value is -2.71. The normalized spacial score (nSPS) is 10.4. The van der Waals surface area contributed by atoms with Crippen molar-refractivity contribution >= 4 is 46.3 Å². The van der Waals surface area contributed by atoms with Crippen LogP contribution in [0, 0.1) is 5.82 Å². The van der Waals surface area contributed by atoms with Gasteiger partial charge in [0.05, 0.1) is 16.9 Å². The van der Waals surface area contributed by atoms with E-state index in [1.165, 1.54) is 25.1 Å². The van der Waals surface area contributed by atoms with Gasteiger partial charge in [0.1, 0.15) is 5.82 Å². The minimum atomic E-state index is -0.576. The zero-order chi connectivity index (χ0) is 19.2. The molecule has 138 valence electrons. The molecule has 0 saturated heterocycles. The predicted octanol–water partition coefficient (Wildman–Crippen LogP) is 4.79. The Bertz CT molecular complexity index is 944. The first-order chi connectivity index (χ1) is 13.0. The van der Waals surface area contributed by atoms with Gasteiger partial charge in [-0.05, 0) is 42.5 Å². The van der Waals surface area contributed by atoms with Gasteiger partial charge >= 0.3 is 0 Å². The minimum absolute atomic E-state index is 0.00762. The van der Waals surface area contributed by atoms with Gasteiger partial charge in [-0.2, -0.15) is 0 Å². The van der Waals surface area contributed by atoms with Gasteiger partial charge in [0.15, 0.2) is 0 Å². The summed E-state index contributed by atoms with van der Waals surface area (Å²) < 4.78 is 13.9. The van der Waals surface area contributed by atoms with E-state index >= 15 is 0 Å². The Morgan fingerprint density at radius 2 is 1.93 bits per heavy atom. The first kappa shape index (κ1) is 19.1. The molecule has 8 heteroatoms. The molecule has 5 nitrogen and oxygen atoms in total. The maximum Gasteiger partial charge on any atom is 0.255 e. The van der Waals surface area contributed by atoms with Crippen molar-refractivity contribution in [3.63, 3.8) is 0 Å². The molecule has 2 N–H and O–H groups in total. The van der Waals surface area contributed by atoms with Crippen LogP contribution in [0.1, 0.15) is 23.0 Å². The molecular formula is C19H16FN3O2S2. The van der Waals surface area contributed by atoms with Crippen LogP contribution in [0.4, 0.5) is 15.8 Å². The highest BCUT2D eigenvalue weighted by Crippen LogP contribution is 2.24. The monoisotopic (exact) mass is 401 g/mol. The number of benzene rings is 2. The molecule has 1 heterocycles. The summed E-state index contributed by atoms with van der Waals surface area (Å²) in [6, 6.07) is 11.1. The first-order valence-corrected chi connectivity index (χ1v) is 9.92. The number of hydrogen-bond donors (Lipinski definition) is 2. The van der Waals surface area contributed by atoms with E-state index < -0.39 is 11.7 Å². The molecule has 0 bridgehead atoms. The van der Waals surface area contributed by atoms with Crippen molar-refractivity contribution in [2.75, 3.05) is 10.6 Å². The lowest BCUT2D eigenvalue weighted by atomic mass is 10.2. The van der Waals surface area contributed by atoms with Gasteiger partial charge in [-0.15, -0.1) is 23.1 Å². The SMILES string of the molecule is CC(=O)Nc1ccc(F)c(NC(=O)c2ccc(SCc3cscn3)cc2)c1. The fourth-order valence-corrected chi connectivity index (χ4v) is 3.73. The maximum absolute atomic E-state index is 13.9. The molecule has 0 unspecified atom stereocenters. The van der Waals surface area contributed by atoms with E-state index in [9.17, 15) is 14.0 Å². The summed E-state index contributed by atoms with van der Waals surface area (Å²) in [5.41, 5.74) is 3.64. The Morgan fingerprint density at radius 3 is 2.59 bits per heavy atom. The molecule has 0 aliphatic heterocycles. The number of thioether (sulfide) groups is 1. The topological polar surface area (TPSA) is 71.1 Å². The summed E-state index contributed by atoms with van der Waals surface area (Å²) in [6.07, 6.45) is 0. The van der Waals surface area contributed by atoms with Crippen LogP contribution < -0.4 is 10.6 Å².